The van der Waals surface area contributed by atoms with Crippen molar-refractivity contribution in [1.82, 2.24) is 24.6 Å². The lowest BCUT2D eigenvalue weighted by Crippen LogP contribution is -2.48. The number of halogens is 1. The minimum atomic E-state index is 0.0371. The molecule has 3 heterocycles. The zero-order valence-corrected chi connectivity index (χ0v) is 16.3. The molecule has 1 aromatic carbocycles. The number of nitrogens with zero attached hydrogens (tertiary/aromatic N) is 5. The van der Waals surface area contributed by atoms with Gasteiger partial charge < -0.3 is 4.90 Å². The second kappa shape index (κ2) is 7.29. The first-order valence-electron chi connectivity index (χ1n) is 9.07. The third kappa shape index (κ3) is 3.68. The molecule has 0 aliphatic carbocycles. The number of carbonyl (C=O) groups is 1. The van der Waals surface area contributed by atoms with Crippen LogP contribution in [0.4, 0.5) is 0 Å². The van der Waals surface area contributed by atoms with Crippen molar-refractivity contribution in [3.63, 3.8) is 0 Å². The molecule has 0 atom stereocenters. The van der Waals surface area contributed by atoms with Crippen LogP contribution in [0.1, 0.15) is 21.6 Å². The number of pyridine rings is 1. The van der Waals surface area contributed by atoms with Crippen molar-refractivity contribution >= 4 is 28.5 Å². The van der Waals surface area contributed by atoms with Crippen molar-refractivity contribution in [2.75, 3.05) is 26.2 Å². The van der Waals surface area contributed by atoms with Gasteiger partial charge in [0.05, 0.1) is 11.3 Å². The number of aryl methyl sites for hydroxylation is 2. The van der Waals surface area contributed by atoms with Gasteiger partial charge in [-0.1, -0.05) is 23.7 Å². The summed E-state index contributed by atoms with van der Waals surface area (Å²) in [5.74, 6) is 0.0371. The van der Waals surface area contributed by atoms with E-state index in [4.69, 9.17) is 11.6 Å². The lowest BCUT2D eigenvalue weighted by molar-refractivity contribution is 0.0628. The summed E-state index contributed by atoms with van der Waals surface area (Å²) >= 11 is 6.07. The standard InChI is InChI=1S/C20H22ClN5O/c1-14-18-11-16(12-22-19(18)24(2)23-14)20(27)26-8-6-25(7-9-26)13-15-4-3-5-17(21)10-15/h3-5,10-12H,6-9,13H2,1-2H3. The predicted octanol–water partition coefficient (Wildman–Crippen LogP) is 2.89. The Bertz CT molecular complexity index is 991. The van der Waals surface area contributed by atoms with E-state index in [0.717, 1.165) is 41.4 Å². The molecule has 7 heteroatoms. The zero-order valence-electron chi connectivity index (χ0n) is 15.5. The summed E-state index contributed by atoms with van der Waals surface area (Å²) in [4.78, 5) is 21.6. The summed E-state index contributed by atoms with van der Waals surface area (Å²) < 4.78 is 1.74. The van der Waals surface area contributed by atoms with Crippen molar-refractivity contribution in [2.24, 2.45) is 7.05 Å². The SMILES string of the molecule is Cc1nn(C)c2ncc(C(=O)N3CCN(Cc4cccc(Cl)c4)CC3)cc12. The lowest BCUT2D eigenvalue weighted by atomic mass is 10.1. The molecule has 0 spiro atoms. The number of rotatable bonds is 3. The van der Waals surface area contributed by atoms with Crippen LogP contribution >= 0.6 is 11.6 Å². The highest BCUT2D eigenvalue weighted by Gasteiger charge is 2.23. The van der Waals surface area contributed by atoms with Crippen LogP contribution in [0, 0.1) is 6.92 Å². The molecule has 2 aromatic heterocycles. The van der Waals surface area contributed by atoms with Crippen LogP contribution in [-0.4, -0.2) is 56.7 Å². The van der Waals surface area contributed by atoms with Crippen LogP contribution in [0.15, 0.2) is 36.5 Å². The first-order valence-corrected chi connectivity index (χ1v) is 9.44. The molecule has 140 valence electrons. The van der Waals surface area contributed by atoms with E-state index in [9.17, 15) is 4.79 Å². The van der Waals surface area contributed by atoms with E-state index >= 15 is 0 Å². The van der Waals surface area contributed by atoms with Gasteiger partial charge in [0.1, 0.15) is 0 Å². The van der Waals surface area contributed by atoms with Gasteiger partial charge in [0, 0.05) is 56.4 Å². The third-order valence-corrected chi connectivity index (χ3v) is 5.30. The Hall–Kier alpha value is -2.44. The quantitative estimate of drug-likeness (QED) is 0.697. The number of hydrogen-bond acceptors (Lipinski definition) is 4. The van der Waals surface area contributed by atoms with Gasteiger partial charge in [-0.15, -0.1) is 0 Å². The van der Waals surface area contributed by atoms with E-state index in [0.29, 0.717) is 18.7 Å². The molecule has 1 saturated heterocycles. The Morgan fingerprint density at radius 2 is 1.96 bits per heavy atom. The summed E-state index contributed by atoms with van der Waals surface area (Å²) in [6.45, 7) is 5.91. The van der Waals surface area contributed by atoms with Crippen LogP contribution in [0.3, 0.4) is 0 Å². The molecule has 0 N–H and O–H groups in total. The number of amides is 1. The highest BCUT2D eigenvalue weighted by Crippen LogP contribution is 2.19. The van der Waals surface area contributed by atoms with E-state index < -0.39 is 0 Å². The van der Waals surface area contributed by atoms with E-state index in [1.807, 2.05) is 43.1 Å². The molecule has 0 bridgehead atoms. The second-order valence-corrected chi connectivity index (χ2v) is 7.44. The molecule has 4 rings (SSSR count). The Morgan fingerprint density at radius 1 is 1.19 bits per heavy atom. The fourth-order valence-corrected chi connectivity index (χ4v) is 3.82. The first kappa shape index (κ1) is 17.9. The number of piperazine rings is 1. The zero-order chi connectivity index (χ0) is 19.0. The van der Waals surface area contributed by atoms with Crippen LogP contribution < -0.4 is 0 Å². The lowest BCUT2D eigenvalue weighted by Gasteiger charge is -2.34. The minimum Gasteiger partial charge on any atom is -0.336 e. The molecule has 1 amide bonds. The largest absolute Gasteiger partial charge is 0.336 e. The second-order valence-electron chi connectivity index (χ2n) is 7.00. The van der Waals surface area contributed by atoms with Crippen LogP contribution in [0.5, 0.6) is 0 Å². The van der Waals surface area contributed by atoms with Gasteiger partial charge in [-0.2, -0.15) is 5.10 Å². The highest BCUT2D eigenvalue weighted by molar-refractivity contribution is 6.30. The van der Waals surface area contributed by atoms with E-state index in [1.165, 1.54) is 5.56 Å². The van der Waals surface area contributed by atoms with Crippen LogP contribution in [-0.2, 0) is 13.6 Å². The van der Waals surface area contributed by atoms with Gasteiger partial charge >= 0.3 is 0 Å². The van der Waals surface area contributed by atoms with Gasteiger partial charge in [0.2, 0.25) is 0 Å². The Morgan fingerprint density at radius 3 is 2.70 bits per heavy atom. The maximum atomic E-state index is 12.9. The molecule has 1 aliphatic rings. The smallest absolute Gasteiger partial charge is 0.255 e. The van der Waals surface area contributed by atoms with Crippen molar-refractivity contribution in [1.29, 1.82) is 0 Å². The fourth-order valence-electron chi connectivity index (χ4n) is 3.61. The van der Waals surface area contributed by atoms with Gasteiger partial charge in [-0.3, -0.25) is 14.4 Å². The van der Waals surface area contributed by atoms with Crippen LogP contribution in [0.25, 0.3) is 11.0 Å². The average Bonchev–Trinajstić information content (AvgIpc) is 2.95. The Kier molecular flexibility index (Phi) is 4.85. The molecule has 0 unspecified atom stereocenters. The van der Waals surface area contributed by atoms with E-state index in [2.05, 4.69) is 21.0 Å². The first-order chi connectivity index (χ1) is 13.0. The molecule has 3 aromatic rings. The van der Waals surface area contributed by atoms with E-state index in [1.54, 1.807) is 10.9 Å². The third-order valence-electron chi connectivity index (χ3n) is 5.06. The molecular formula is C20H22ClN5O. The molecule has 0 radical (unpaired) electrons. The van der Waals surface area contributed by atoms with Crippen molar-refractivity contribution in [3.8, 4) is 0 Å². The molecule has 27 heavy (non-hydrogen) atoms. The Labute approximate surface area is 163 Å². The molecule has 1 aliphatic heterocycles. The van der Waals surface area contributed by atoms with Crippen molar-refractivity contribution in [3.05, 3.63) is 58.4 Å². The summed E-state index contributed by atoms with van der Waals surface area (Å²) in [5, 5.41) is 6.06. The summed E-state index contributed by atoms with van der Waals surface area (Å²) in [6.07, 6.45) is 1.66. The maximum absolute atomic E-state index is 12.9. The topological polar surface area (TPSA) is 54.3 Å². The summed E-state index contributed by atoms with van der Waals surface area (Å²) in [7, 11) is 1.86. The summed E-state index contributed by atoms with van der Waals surface area (Å²) in [5.41, 5.74) is 3.52. The minimum absolute atomic E-state index is 0.0371. The number of fused-ring (bicyclic) bond motifs is 1. The Balaban J connectivity index is 1.42. The average molecular weight is 384 g/mol. The summed E-state index contributed by atoms with van der Waals surface area (Å²) in [6, 6.07) is 9.85. The van der Waals surface area contributed by atoms with Crippen molar-refractivity contribution in [2.45, 2.75) is 13.5 Å². The highest BCUT2D eigenvalue weighted by atomic mass is 35.5. The maximum Gasteiger partial charge on any atom is 0.255 e. The normalized spacial score (nSPS) is 15.4. The number of aromatic nitrogens is 3. The van der Waals surface area contributed by atoms with Gasteiger partial charge in [-0.05, 0) is 30.7 Å². The molecular weight excluding hydrogens is 362 g/mol. The van der Waals surface area contributed by atoms with Crippen molar-refractivity contribution < 1.29 is 4.79 Å². The molecule has 1 fully saturated rings. The van der Waals surface area contributed by atoms with Crippen LogP contribution in [0.2, 0.25) is 5.02 Å². The number of benzene rings is 1. The molecule has 0 saturated carbocycles. The molecule has 6 nitrogen and oxygen atoms in total. The van der Waals surface area contributed by atoms with Gasteiger partial charge in [0.15, 0.2) is 5.65 Å². The fraction of sp³-hybridized carbons (Fsp3) is 0.350. The predicted molar refractivity (Wildman–Crippen MR) is 106 cm³/mol. The monoisotopic (exact) mass is 383 g/mol. The van der Waals surface area contributed by atoms with Gasteiger partial charge in [0.25, 0.3) is 5.91 Å². The van der Waals surface area contributed by atoms with Gasteiger partial charge in [-0.25, -0.2) is 4.98 Å². The number of hydrogen-bond donors (Lipinski definition) is 0. The van der Waals surface area contributed by atoms with E-state index in [-0.39, 0.29) is 5.91 Å². The number of carbonyl (C=O) groups excluding carboxylic acids is 1.